The second kappa shape index (κ2) is 2.44. The van der Waals surface area contributed by atoms with Crippen molar-refractivity contribution in [1.82, 2.24) is 0 Å². The largest absolute Gasteiger partial charge is 0.761 e. The monoisotopic (exact) mass is 151 g/mol. The van der Waals surface area contributed by atoms with E-state index in [1.54, 1.807) is 11.9 Å². The minimum atomic E-state index is -0.0619. The summed E-state index contributed by atoms with van der Waals surface area (Å²) in [5.41, 5.74) is -0.0417. The number of hydrogen-bond donors (Lipinski definition) is 0. The number of hydrogen-bond acceptors (Lipinski definition) is 3. The number of amidine groups is 1. The minimum Gasteiger partial charge on any atom is -0.761 e. The Morgan fingerprint density at radius 3 is 2.60 bits per heavy atom. The average Bonchev–Trinajstić information content (AvgIpc) is 2.30. The Morgan fingerprint density at radius 2 is 2.20 bits per heavy atom. The molecule has 0 aromatic heterocycles. The molecule has 0 bridgehead atoms. The summed E-state index contributed by atoms with van der Waals surface area (Å²) in [4.78, 5) is 6.94. The molecule has 1 heterocycles. The van der Waals surface area contributed by atoms with Gasteiger partial charge >= 0.3 is 0 Å². The van der Waals surface area contributed by atoms with Crippen molar-refractivity contribution in [3.05, 3.63) is 11.1 Å². The van der Waals surface area contributed by atoms with Crippen LogP contribution in [0.5, 0.6) is 0 Å². The molecule has 5 heteroatoms. The first-order valence-corrected chi connectivity index (χ1v) is 2.66. The number of nitriles is 1. The Morgan fingerprint density at radius 1 is 1.50 bits per heavy atom. The fourth-order valence-corrected chi connectivity index (χ4v) is 0.640. The highest BCUT2D eigenvalue weighted by molar-refractivity contribution is 6.67. The van der Waals surface area contributed by atoms with E-state index in [-0.39, 0.29) is 16.7 Å². The number of aliphatic imine (C=N–C) groups is 2. The number of allylic oxidation sites excluding steroid dienone is 1. The fourth-order valence-electron chi connectivity index (χ4n) is 0.471. The third-order valence-electron chi connectivity index (χ3n) is 0.844. The Balaban J connectivity index is 3.16. The van der Waals surface area contributed by atoms with Crippen LogP contribution in [0, 0.1) is 11.3 Å². The normalized spacial score (nSPS) is 15.4. The van der Waals surface area contributed by atoms with E-state index < -0.39 is 0 Å². The third-order valence-corrected chi connectivity index (χ3v) is 1.01. The summed E-state index contributed by atoms with van der Waals surface area (Å²) >= 11 is 5.30. The van der Waals surface area contributed by atoms with Crippen molar-refractivity contribution in [2.24, 2.45) is 9.98 Å². The van der Waals surface area contributed by atoms with Gasteiger partial charge in [0.05, 0.1) is 0 Å². The Hall–Kier alpha value is -1.43. The number of rotatable bonds is 0. The van der Waals surface area contributed by atoms with Gasteiger partial charge in [0.25, 0.3) is 0 Å². The molecular weight excluding hydrogens is 152 g/mol. The van der Waals surface area contributed by atoms with Crippen LogP contribution in [0.3, 0.4) is 0 Å². The van der Waals surface area contributed by atoms with E-state index in [1.165, 1.54) is 0 Å². The maximum atomic E-state index is 8.30. The molecule has 1 aliphatic heterocycles. The predicted octanol–water partition coefficient (Wildman–Crippen LogP) is 0.682. The van der Waals surface area contributed by atoms with Gasteiger partial charge in [-0.25, -0.2) is 15.9 Å². The van der Waals surface area contributed by atoms with Crippen molar-refractivity contribution in [3.63, 3.8) is 0 Å². The molecule has 1 rings (SSSR count). The van der Waals surface area contributed by atoms with Gasteiger partial charge in [-0.2, -0.15) is 5.26 Å². The quantitative estimate of drug-likeness (QED) is 0.371. The van der Waals surface area contributed by atoms with E-state index in [1.807, 2.05) is 0 Å². The zero-order valence-corrected chi connectivity index (χ0v) is 5.42. The van der Waals surface area contributed by atoms with Crippen LogP contribution in [0.4, 0.5) is 0 Å². The number of halogens is 1. The zero-order valence-electron chi connectivity index (χ0n) is 4.67. The first-order valence-electron chi connectivity index (χ1n) is 2.28. The summed E-state index contributed by atoms with van der Waals surface area (Å²) in [6, 6.07) is 1.69. The summed E-state index contributed by atoms with van der Waals surface area (Å²) in [6.45, 7) is 0. The van der Waals surface area contributed by atoms with Gasteiger partial charge in [-0.05, 0) is 11.6 Å². The number of nitrogens with zero attached hydrogens (tertiary/aromatic N) is 4. The van der Waals surface area contributed by atoms with Crippen LogP contribution in [0.25, 0.3) is 5.41 Å². The lowest BCUT2D eigenvalue weighted by molar-refractivity contribution is 1.53. The van der Waals surface area contributed by atoms with E-state index in [4.69, 9.17) is 22.3 Å². The van der Waals surface area contributed by atoms with Crippen LogP contribution < -0.4 is 0 Å². The van der Waals surface area contributed by atoms with Gasteiger partial charge in [0.15, 0.2) is 5.71 Å². The summed E-state index contributed by atoms with van der Waals surface area (Å²) in [7, 11) is 0. The van der Waals surface area contributed by atoms with E-state index in [2.05, 4.69) is 9.98 Å². The van der Waals surface area contributed by atoms with Gasteiger partial charge in [0.1, 0.15) is 11.8 Å². The standard InChI is InChI=1S/C5ClN4/c6-5-9-3(1-7)4(2-8)10-5/q-1. The Bertz CT molecular complexity index is 313. The average molecular weight is 152 g/mol. The molecule has 0 amide bonds. The molecule has 48 valence electrons. The van der Waals surface area contributed by atoms with Gasteiger partial charge in [-0.3, -0.25) is 0 Å². The molecule has 0 atom stereocenters. The lowest BCUT2D eigenvalue weighted by Crippen LogP contribution is -1.91. The summed E-state index contributed by atoms with van der Waals surface area (Å²) in [5.74, 6) is 1.69. The molecule has 0 saturated heterocycles. The van der Waals surface area contributed by atoms with Crippen molar-refractivity contribution in [2.45, 2.75) is 0 Å². The topological polar surface area (TPSA) is 70.8 Å². The molecule has 0 aromatic rings. The van der Waals surface area contributed by atoms with Gasteiger partial charge < -0.3 is 5.41 Å². The van der Waals surface area contributed by atoms with Gasteiger partial charge in [-0.15, -0.1) is 0 Å². The van der Waals surface area contributed by atoms with Gasteiger partial charge in [-0.1, -0.05) is 0 Å². The lowest BCUT2D eigenvalue weighted by Gasteiger charge is -1.83. The maximum Gasteiger partial charge on any atom is 0.224 e. The van der Waals surface area contributed by atoms with Crippen LogP contribution in [-0.4, -0.2) is 16.9 Å². The van der Waals surface area contributed by atoms with E-state index in [0.717, 1.165) is 0 Å². The fraction of sp³-hybridized carbons (Fsp3) is 0. The molecule has 1 aliphatic rings. The highest BCUT2D eigenvalue weighted by atomic mass is 35.5. The Kier molecular flexibility index (Phi) is 1.63. The van der Waals surface area contributed by atoms with Crippen molar-refractivity contribution in [1.29, 1.82) is 5.26 Å². The zero-order chi connectivity index (χ0) is 7.56. The van der Waals surface area contributed by atoms with Crippen molar-refractivity contribution < 1.29 is 0 Å². The Labute approximate surface area is 61.7 Å². The highest BCUT2D eigenvalue weighted by Gasteiger charge is 2.11. The molecule has 0 unspecified atom stereocenters. The van der Waals surface area contributed by atoms with Crippen molar-refractivity contribution in [2.75, 3.05) is 0 Å². The van der Waals surface area contributed by atoms with Gasteiger partial charge in [0, 0.05) is 0 Å². The highest BCUT2D eigenvalue weighted by Crippen LogP contribution is 2.08. The van der Waals surface area contributed by atoms with Crippen LogP contribution in [-0.2, 0) is 0 Å². The van der Waals surface area contributed by atoms with Crippen LogP contribution >= 0.6 is 11.6 Å². The molecule has 0 radical (unpaired) electrons. The molecule has 10 heavy (non-hydrogen) atoms. The SMILES string of the molecule is N#CC1=NC(Cl)=NC1=C=[N-]. The summed E-state index contributed by atoms with van der Waals surface area (Å²) in [6.07, 6.45) is 0. The molecule has 4 nitrogen and oxygen atoms in total. The molecule has 0 N–H and O–H groups in total. The van der Waals surface area contributed by atoms with Crippen LogP contribution in [0.2, 0.25) is 0 Å². The van der Waals surface area contributed by atoms with E-state index in [0.29, 0.717) is 0 Å². The molecule has 0 aromatic carbocycles. The molecule has 0 spiro atoms. The van der Waals surface area contributed by atoms with Crippen molar-refractivity contribution >= 4 is 28.5 Å². The van der Waals surface area contributed by atoms with Crippen LogP contribution in [0.15, 0.2) is 15.7 Å². The van der Waals surface area contributed by atoms with Gasteiger partial charge in [0.2, 0.25) is 5.29 Å². The smallest absolute Gasteiger partial charge is 0.224 e. The minimum absolute atomic E-state index is 0.0208. The third kappa shape index (κ3) is 0.960. The summed E-state index contributed by atoms with van der Waals surface area (Å²) < 4.78 is 0. The second-order valence-electron chi connectivity index (χ2n) is 1.41. The maximum absolute atomic E-state index is 8.30. The first kappa shape index (κ1) is 6.69. The van der Waals surface area contributed by atoms with Crippen molar-refractivity contribution in [3.8, 4) is 6.07 Å². The molecular formula is C5ClN4-. The molecule has 0 saturated carbocycles. The lowest BCUT2D eigenvalue weighted by atomic mass is 10.3. The molecule has 0 aliphatic carbocycles. The predicted molar refractivity (Wildman–Crippen MR) is 38.2 cm³/mol. The summed E-state index contributed by atoms with van der Waals surface area (Å²) in [5, 5.41) is 16.5. The van der Waals surface area contributed by atoms with E-state index in [9.17, 15) is 0 Å². The van der Waals surface area contributed by atoms with Crippen LogP contribution in [0.1, 0.15) is 0 Å². The first-order chi connectivity index (χ1) is 4.77. The van der Waals surface area contributed by atoms with E-state index >= 15 is 0 Å². The second-order valence-corrected chi connectivity index (χ2v) is 1.75. The molecule has 0 fully saturated rings.